The molecule has 0 amide bonds. The lowest BCUT2D eigenvalue weighted by atomic mass is 9.96. The largest absolute Gasteiger partial charge is 1.00 e. The van der Waals surface area contributed by atoms with Gasteiger partial charge >= 0.3 is 0 Å². The first kappa shape index (κ1) is 17.6. The van der Waals surface area contributed by atoms with Gasteiger partial charge in [0.05, 0.1) is 0 Å². The van der Waals surface area contributed by atoms with Crippen molar-refractivity contribution in [2.75, 3.05) is 0 Å². The van der Waals surface area contributed by atoms with Crippen molar-refractivity contribution in [1.29, 1.82) is 0 Å². The van der Waals surface area contributed by atoms with Crippen LogP contribution in [-0.2, 0) is 6.54 Å². The first-order valence-corrected chi connectivity index (χ1v) is 6.95. The van der Waals surface area contributed by atoms with Crippen LogP contribution in [0.4, 0.5) is 0 Å². The molecule has 0 atom stereocenters. The van der Waals surface area contributed by atoms with Crippen LogP contribution in [0.15, 0.2) is 30.6 Å². The van der Waals surface area contributed by atoms with E-state index in [0.29, 0.717) is 6.54 Å². The summed E-state index contributed by atoms with van der Waals surface area (Å²) in [6.07, 6.45) is 4.04. The Morgan fingerprint density at radius 2 is 1.33 bits per heavy atom. The molecule has 1 aromatic carbocycles. The Morgan fingerprint density at radius 3 is 1.81 bits per heavy atom. The number of Topliss-reactive ketones (excluding diaryl/α,β-unsaturated/α-hetero) is 1. The van der Waals surface area contributed by atoms with Gasteiger partial charge in [-0.15, -0.1) is 0 Å². The van der Waals surface area contributed by atoms with E-state index in [1.165, 1.54) is 16.7 Å². The molecule has 0 saturated carbocycles. The minimum absolute atomic E-state index is 0. The van der Waals surface area contributed by atoms with E-state index < -0.39 is 0 Å². The molecule has 0 bridgehead atoms. The molecule has 0 saturated heterocycles. The molecule has 2 aromatic rings. The molecular weight excluding hydrogens is 326 g/mol. The van der Waals surface area contributed by atoms with Crippen LogP contribution in [0, 0.1) is 34.6 Å². The van der Waals surface area contributed by atoms with Gasteiger partial charge in [-0.05, 0) is 51.8 Å². The van der Waals surface area contributed by atoms with Crippen molar-refractivity contribution < 1.29 is 26.3 Å². The second kappa shape index (κ2) is 6.99. The van der Waals surface area contributed by atoms with E-state index in [1.54, 1.807) is 0 Å². The Bertz CT molecular complexity index is 634. The number of hydrogen-bond donors (Lipinski definition) is 0. The Labute approximate surface area is 137 Å². The summed E-state index contributed by atoms with van der Waals surface area (Å²) in [6.45, 7) is 10.6. The highest BCUT2D eigenvalue weighted by molar-refractivity contribution is 5.98. The van der Waals surface area contributed by atoms with Crippen molar-refractivity contribution in [3.8, 4) is 0 Å². The number of aryl methyl sites for hydroxylation is 5. The molecule has 1 heterocycles. The molecule has 2 nitrogen and oxygen atoms in total. The quantitative estimate of drug-likeness (QED) is 0.581. The van der Waals surface area contributed by atoms with Crippen LogP contribution in [0.25, 0.3) is 0 Å². The van der Waals surface area contributed by atoms with Crippen LogP contribution >= 0.6 is 0 Å². The van der Waals surface area contributed by atoms with Gasteiger partial charge in [0.15, 0.2) is 12.4 Å². The number of hydrogen-bond acceptors (Lipinski definition) is 1. The maximum absolute atomic E-state index is 12.6. The second-order valence-corrected chi connectivity index (χ2v) is 5.76. The molecule has 0 aliphatic heterocycles. The van der Waals surface area contributed by atoms with Crippen molar-refractivity contribution in [2.24, 2.45) is 0 Å². The predicted molar refractivity (Wildman–Crippen MR) is 81.1 cm³/mol. The average molecular weight is 348 g/mol. The van der Waals surface area contributed by atoms with Gasteiger partial charge in [0, 0.05) is 16.7 Å². The summed E-state index contributed by atoms with van der Waals surface area (Å²) in [7, 11) is 0. The van der Waals surface area contributed by atoms with Gasteiger partial charge < -0.3 is 17.0 Å². The lowest BCUT2D eigenvalue weighted by molar-refractivity contribution is -0.683. The van der Waals surface area contributed by atoms with Crippen molar-refractivity contribution >= 4 is 5.78 Å². The topological polar surface area (TPSA) is 20.9 Å². The van der Waals surface area contributed by atoms with E-state index in [9.17, 15) is 4.79 Å². The van der Waals surface area contributed by atoms with Gasteiger partial charge in [0.25, 0.3) is 0 Å². The SMILES string of the molecule is Cc1cc(C)c(C(=O)C[n+]2cc(C)cc(C)c2)c(C)c1.[Br-]. The number of nitrogens with zero attached hydrogens (tertiary/aromatic N) is 1. The van der Waals surface area contributed by atoms with Crippen molar-refractivity contribution in [2.45, 2.75) is 41.2 Å². The second-order valence-electron chi connectivity index (χ2n) is 5.76. The van der Waals surface area contributed by atoms with Gasteiger partial charge in [-0.1, -0.05) is 17.7 Å². The fraction of sp³-hybridized carbons (Fsp3) is 0.333. The third kappa shape index (κ3) is 4.24. The zero-order valence-corrected chi connectivity index (χ0v) is 14.9. The van der Waals surface area contributed by atoms with Gasteiger partial charge in [0.1, 0.15) is 0 Å². The maximum atomic E-state index is 12.6. The van der Waals surface area contributed by atoms with Gasteiger partial charge in [0.2, 0.25) is 12.3 Å². The van der Waals surface area contributed by atoms with Crippen LogP contribution in [-0.4, -0.2) is 5.78 Å². The van der Waals surface area contributed by atoms with Crippen LogP contribution in [0.2, 0.25) is 0 Å². The number of ketones is 1. The van der Waals surface area contributed by atoms with E-state index in [4.69, 9.17) is 0 Å². The van der Waals surface area contributed by atoms with Gasteiger partial charge in [-0.3, -0.25) is 4.79 Å². The molecule has 2 rings (SSSR count). The predicted octanol–water partition coefficient (Wildman–Crippen LogP) is 0.403. The minimum Gasteiger partial charge on any atom is -1.00 e. The molecule has 0 N–H and O–H groups in total. The number of halogens is 1. The molecule has 0 aliphatic carbocycles. The average Bonchev–Trinajstić information content (AvgIpc) is 2.25. The Kier molecular flexibility index (Phi) is 5.85. The highest BCUT2D eigenvalue weighted by Gasteiger charge is 2.17. The fourth-order valence-electron chi connectivity index (χ4n) is 2.95. The summed E-state index contributed by atoms with van der Waals surface area (Å²) >= 11 is 0. The highest BCUT2D eigenvalue weighted by atomic mass is 79.9. The maximum Gasteiger partial charge on any atom is 0.228 e. The molecule has 112 valence electrons. The summed E-state index contributed by atoms with van der Waals surface area (Å²) in [6, 6.07) is 6.27. The normalized spacial score (nSPS) is 10.1. The summed E-state index contributed by atoms with van der Waals surface area (Å²) in [4.78, 5) is 12.6. The molecule has 0 radical (unpaired) electrons. The molecule has 0 fully saturated rings. The molecular formula is C18H22BrNO. The first-order chi connectivity index (χ1) is 9.36. The summed E-state index contributed by atoms with van der Waals surface area (Å²) in [5.41, 5.74) is 6.55. The van der Waals surface area contributed by atoms with Gasteiger partial charge in [-0.2, -0.15) is 4.57 Å². The van der Waals surface area contributed by atoms with E-state index in [-0.39, 0.29) is 22.8 Å². The Morgan fingerprint density at radius 1 is 0.857 bits per heavy atom. The van der Waals surface area contributed by atoms with E-state index in [1.807, 2.05) is 30.8 Å². The third-order valence-corrected chi connectivity index (χ3v) is 3.48. The molecule has 3 heteroatoms. The minimum atomic E-state index is 0. The molecule has 0 spiro atoms. The number of pyridine rings is 1. The fourth-order valence-corrected chi connectivity index (χ4v) is 2.95. The standard InChI is InChI=1S/C18H22NO.BrH/c1-12-7-15(4)18(16(5)8-12)17(20)11-19-9-13(2)6-14(3)10-19;/h6-10H,11H2,1-5H3;1H/q+1;/p-1. The van der Waals surface area contributed by atoms with E-state index in [2.05, 4.69) is 39.0 Å². The Balaban J connectivity index is 0.00000220. The molecule has 1 aromatic heterocycles. The lowest BCUT2D eigenvalue weighted by Crippen LogP contribution is -3.00. The number of carbonyl (C=O) groups excluding carboxylic acids is 1. The Hall–Kier alpha value is -1.48. The monoisotopic (exact) mass is 347 g/mol. The van der Waals surface area contributed by atoms with Crippen LogP contribution in [0.3, 0.4) is 0 Å². The lowest BCUT2D eigenvalue weighted by Gasteiger charge is -2.09. The van der Waals surface area contributed by atoms with Crippen LogP contribution in [0.5, 0.6) is 0 Å². The van der Waals surface area contributed by atoms with Crippen molar-refractivity contribution in [1.82, 2.24) is 0 Å². The number of benzene rings is 1. The third-order valence-electron chi connectivity index (χ3n) is 3.48. The van der Waals surface area contributed by atoms with E-state index >= 15 is 0 Å². The van der Waals surface area contributed by atoms with Crippen molar-refractivity contribution in [3.05, 3.63) is 64.0 Å². The van der Waals surface area contributed by atoms with Crippen LogP contribution in [0.1, 0.15) is 38.2 Å². The number of aromatic nitrogens is 1. The number of carbonyl (C=O) groups is 1. The summed E-state index contributed by atoms with van der Waals surface area (Å²) in [5, 5.41) is 0. The van der Waals surface area contributed by atoms with E-state index in [0.717, 1.165) is 16.7 Å². The summed E-state index contributed by atoms with van der Waals surface area (Å²) < 4.78 is 1.98. The van der Waals surface area contributed by atoms with Crippen LogP contribution < -0.4 is 21.5 Å². The van der Waals surface area contributed by atoms with Gasteiger partial charge in [-0.25, -0.2) is 0 Å². The smallest absolute Gasteiger partial charge is 0.228 e. The zero-order chi connectivity index (χ0) is 14.9. The molecule has 21 heavy (non-hydrogen) atoms. The summed E-state index contributed by atoms with van der Waals surface area (Å²) in [5.74, 6) is 0.176. The van der Waals surface area contributed by atoms with Crippen molar-refractivity contribution in [3.63, 3.8) is 0 Å². The zero-order valence-electron chi connectivity index (χ0n) is 13.3. The molecule has 0 aliphatic rings. The highest BCUT2D eigenvalue weighted by Crippen LogP contribution is 2.17. The first-order valence-electron chi connectivity index (χ1n) is 6.95. The number of rotatable bonds is 3. The molecule has 0 unspecified atom stereocenters.